The number of sulfonamides is 1. The summed E-state index contributed by atoms with van der Waals surface area (Å²) >= 11 is 5.77. The zero-order chi connectivity index (χ0) is 17.7. The minimum atomic E-state index is -3.69. The summed E-state index contributed by atoms with van der Waals surface area (Å²) in [4.78, 5) is 14.1. The highest BCUT2D eigenvalue weighted by molar-refractivity contribution is 7.92. The molecule has 1 amide bonds. The van der Waals surface area contributed by atoms with Crippen molar-refractivity contribution < 1.29 is 13.2 Å². The van der Waals surface area contributed by atoms with Gasteiger partial charge in [0.1, 0.15) is 0 Å². The second kappa shape index (κ2) is 7.68. The number of amides is 1. The Labute approximate surface area is 147 Å². The normalized spacial score (nSPS) is 11.1. The topological polar surface area (TPSA) is 66.5 Å². The number of carbonyl (C=O) groups excluding carboxylic acids is 1. The zero-order valence-electron chi connectivity index (χ0n) is 13.5. The monoisotopic (exact) mass is 366 g/mol. The predicted molar refractivity (Wildman–Crippen MR) is 96.0 cm³/mol. The molecule has 2 rings (SSSR count). The van der Waals surface area contributed by atoms with E-state index in [0.717, 1.165) is 0 Å². The molecule has 0 bridgehead atoms. The number of rotatable bonds is 6. The van der Waals surface area contributed by atoms with E-state index < -0.39 is 10.0 Å². The van der Waals surface area contributed by atoms with Gasteiger partial charge in [0.15, 0.2) is 0 Å². The summed E-state index contributed by atoms with van der Waals surface area (Å²) in [6.07, 6.45) is 0. The van der Waals surface area contributed by atoms with E-state index in [1.54, 1.807) is 29.2 Å². The Hall–Kier alpha value is -2.05. The van der Waals surface area contributed by atoms with Crippen molar-refractivity contribution in [2.45, 2.75) is 18.7 Å². The maximum absolute atomic E-state index is 12.3. The number of anilines is 1. The molecule has 0 heterocycles. The second-order valence-electron chi connectivity index (χ2n) is 5.11. The van der Waals surface area contributed by atoms with Gasteiger partial charge in [-0.3, -0.25) is 9.52 Å². The fourth-order valence-electron chi connectivity index (χ4n) is 2.20. The third-order valence-corrected chi connectivity index (χ3v) is 5.21. The van der Waals surface area contributed by atoms with Crippen molar-refractivity contribution in [1.82, 2.24) is 4.90 Å². The third-order valence-electron chi connectivity index (χ3n) is 3.56. The molecule has 0 saturated heterocycles. The molecule has 0 spiro atoms. The summed E-state index contributed by atoms with van der Waals surface area (Å²) in [5, 5.41) is 0.466. The van der Waals surface area contributed by atoms with Crippen LogP contribution in [0.1, 0.15) is 24.2 Å². The van der Waals surface area contributed by atoms with Crippen molar-refractivity contribution in [3.8, 4) is 0 Å². The van der Waals surface area contributed by atoms with Crippen LogP contribution in [-0.4, -0.2) is 32.3 Å². The Morgan fingerprint density at radius 2 is 1.54 bits per heavy atom. The first-order valence-electron chi connectivity index (χ1n) is 7.55. The van der Waals surface area contributed by atoms with Crippen LogP contribution in [0, 0.1) is 0 Å². The van der Waals surface area contributed by atoms with E-state index in [1.807, 2.05) is 13.8 Å². The van der Waals surface area contributed by atoms with Crippen molar-refractivity contribution in [3.63, 3.8) is 0 Å². The smallest absolute Gasteiger partial charge is 0.261 e. The van der Waals surface area contributed by atoms with Crippen LogP contribution in [0.2, 0.25) is 5.02 Å². The molecule has 1 N–H and O–H groups in total. The molecule has 128 valence electrons. The van der Waals surface area contributed by atoms with Crippen molar-refractivity contribution in [1.29, 1.82) is 0 Å². The number of hydrogen-bond acceptors (Lipinski definition) is 3. The average molecular weight is 367 g/mol. The summed E-state index contributed by atoms with van der Waals surface area (Å²) < 4.78 is 27.1. The maximum Gasteiger partial charge on any atom is 0.261 e. The first-order valence-corrected chi connectivity index (χ1v) is 9.41. The lowest BCUT2D eigenvalue weighted by Crippen LogP contribution is -2.30. The van der Waals surface area contributed by atoms with E-state index in [9.17, 15) is 13.2 Å². The maximum atomic E-state index is 12.3. The van der Waals surface area contributed by atoms with Crippen LogP contribution in [0.5, 0.6) is 0 Å². The molecule has 24 heavy (non-hydrogen) atoms. The van der Waals surface area contributed by atoms with Gasteiger partial charge in [-0.2, -0.15) is 0 Å². The number of benzene rings is 2. The summed E-state index contributed by atoms with van der Waals surface area (Å²) in [6, 6.07) is 12.3. The molecule has 7 heteroatoms. The SMILES string of the molecule is CCN(CC)C(=O)c1ccc(NS(=O)(=O)c2ccc(Cl)cc2)cc1. The molecular formula is C17H19ClN2O3S. The lowest BCUT2D eigenvalue weighted by Gasteiger charge is -2.18. The van der Waals surface area contributed by atoms with Gasteiger partial charge in [-0.1, -0.05) is 11.6 Å². The Bertz CT molecular complexity index is 799. The minimum absolute atomic E-state index is 0.0768. The third kappa shape index (κ3) is 4.27. The van der Waals surface area contributed by atoms with E-state index in [-0.39, 0.29) is 10.8 Å². The number of nitrogens with zero attached hydrogens (tertiary/aromatic N) is 1. The Kier molecular flexibility index (Phi) is 5.85. The van der Waals surface area contributed by atoms with Gasteiger partial charge in [0, 0.05) is 29.4 Å². The predicted octanol–water partition coefficient (Wildman–Crippen LogP) is 3.62. The van der Waals surface area contributed by atoms with Crippen LogP contribution in [-0.2, 0) is 10.0 Å². The molecule has 2 aromatic carbocycles. The van der Waals surface area contributed by atoms with E-state index >= 15 is 0 Å². The number of nitrogens with one attached hydrogen (secondary N) is 1. The van der Waals surface area contributed by atoms with Gasteiger partial charge in [0.2, 0.25) is 0 Å². The summed E-state index contributed by atoms with van der Waals surface area (Å²) in [6.45, 7) is 5.08. The largest absolute Gasteiger partial charge is 0.339 e. The number of carbonyl (C=O) groups is 1. The van der Waals surface area contributed by atoms with Gasteiger partial charge in [0.25, 0.3) is 15.9 Å². The Balaban J connectivity index is 2.16. The molecule has 0 atom stereocenters. The highest BCUT2D eigenvalue weighted by Gasteiger charge is 2.15. The summed E-state index contributed by atoms with van der Waals surface area (Å²) in [5.41, 5.74) is 0.911. The van der Waals surface area contributed by atoms with E-state index in [0.29, 0.717) is 29.4 Å². The molecule has 0 unspecified atom stereocenters. The van der Waals surface area contributed by atoms with Crippen molar-refractivity contribution in [2.24, 2.45) is 0 Å². The molecular weight excluding hydrogens is 348 g/mol. The lowest BCUT2D eigenvalue weighted by atomic mass is 10.2. The molecule has 0 saturated carbocycles. The zero-order valence-corrected chi connectivity index (χ0v) is 15.1. The van der Waals surface area contributed by atoms with Gasteiger partial charge in [-0.15, -0.1) is 0 Å². The lowest BCUT2D eigenvalue weighted by molar-refractivity contribution is 0.0773. The van der Waals surface area contributed by atoms with Crippen molar-refractivity contribution in [3.05, 3.63) is 59.1 Å². The van der Waals surface area contributed by atoms with Crippen molar-refractivity contribution in [2.75, 3.05) is 17.8 Å². The summed E-state index contributed by atoms with van der Waals surface area (Å²) in [5.74, 6) is -0.0768. The van der Waals surface area contributed by atoms with Crippen molar-refractivity contribution >= 4 is 33.2 Å². The Morgan fingerprint density at radius 3 is 2.04 bits per heavy atom. The highest BCUT2D eigenvalue weighted by Crippen LogP contribution is 2.19. The number of halogens is 1. The molecule has 0 aliphatic carbocycles. The second-order valence-corrected chi connectivity index (χ2v) is 7.23. The van der Waals surface area contributed by atoms with Crippen LogP contribution in [0.15, 0.2) is 53.4 Å². The van der Waals surface area contributed by atoms with E-state index in [1.165, 1.54) is 24.3 Å². The van der Waals surface area contributed by atoms with E-state index in [4.69, 9.17) is 11.6 Å². The van der Waals surface area contributed by atoms with Crippen LogP contribution in [0.25, 0.3) is 0 Å². The molecule has 0 aliphatic rings. The Morgan fingerprint density at radius 1 is 1.00 bits per heavy atom. The minimum Gasteiger partial charge on any atom is -0.339 e. The van der Waals surface area contributed by atoms with Crippen LogP contribution in [0.4, 0.5) is 5.69 Å². The molecule has 0 radical (unpaired) electrons. The fraction of sp³-hybridized carbons (Fsp3) is 0.235. The molecule has 0 aromatic heterocycles. The summed E-state index contributed by atoms with van der Waals surface area (Å²) in [7, 11) is -3.69. The van der Waals surface area contributed by atoms with Gasteiger partial charge in [-0.25, -0.2) is 8.42 Å². The fourth-order valence-corrected chi connectivity index (χ4v) is 3.39. The van der Waals surface area contributed by atoms with Crippen LogP contribution in [0.3, 0.4) is 0 Å². The van der Waals surface area contributed by atoms with Crippen LogP contribution < -0.4 is 4.72 Å². The molecule has 0 fully saturated rings. The molecule has 0 aliphatic heterocycles. The molecule has 2 aromatic rings. The quantitative estimate of drug-likeness (QED) is 0.849. The highest BCUT2D eigenvalue weighted by atomic mass is 35.5. The first-order chi connectivity index (χ1) is 11.4. The van der Waals surface area contributed by atoms with Crippen LogP contribution >= 0.6 is 11.6 Å². The van der Waals surface area contributed by atoms with Gasteiger partial charge >= 0.3 is 0 Å². The first kappa shape index (κ1) is 18.3. The number of hydrogen-bond donors (Lipinski definition) is 1. The van der Waals surface area contributed by atoms with Gasteiger partial charge in [-0.05, 0) is 62.4 Å². The van der Waals surface area contributed by atoms with E-state index in [2.05, 4.69) is 4.72 Å². The van der Waals surface area contributed by atoms with Gasteiger partial charge < -0.3 is 4.90 Å². The average Bonchev–Trinajstić information content (AvgIpc) is 2.56. The standard InChI is InChI=1S/C17H19ClN2O3S/c1-3-20(4-2)17(21)13-5-9-15(10-6-13)19-24(22,23)16-11-7-14(18)8-12-16/h5-12,19H,3-4H2,1-2H3. The molecule has 5 nitrogen and oxygen atoms in total. The van der Waals surface area contributed by atoms with Gasteiger partial charge in [0.05, 0.1) is 4.90 Å².